The molecule has 1 saturated heterocycles. The fourth-order valence-electron chi connectivity index (χ4n) is 2.63. The van der Waals surface area contributed by atoms with E-state index in [1.165, 1.54) is 5.56 Å². The zero-order valence-electron chi connectivity index (χ0n) is 11.6. The molecule has 1 aliphatic heterocycles. The van der Waals surface area contributed by atoms with Crippen LogP contribution in [0.25, 0.3) is 0 Å². The van der Waals surface area contributed by atoms with Gasteiger partial charge in [-0.15, -0.1) is 0 Å². The van der Waals surface area contributed by atoms with E-state index in [1.54, 1.807) is 0 Å². The van der Waals surface area contributed by atoms with Gasteiger partial charge in [-0.1, -0.05) is 43.7 Å². The number of hydrogen-bond acceptors (Lipinski definition) is 3. The lowest BCUT2D eigenvalue weighted by Gasteiger charge is -2.36. The van der Waals surface area contributed by atoms with E-state index in [2.05, 4.69) is 30.4 Å². The molecule has 19 heavy (non-hydrogen) atoms. The summed E-state index contributed by atoms with van der Waals surface area (Å²) in [5.74, 6) is 0. The van der Waals surface area contributed by atoms with Crippen LogP contribution in [0.1, 0.15) is 38.2 Å². The number of rotatable bonds is 5. The van der Waals surface area contributed by atoms with Crippen molar-refractivity contribution in [1.29, 1.82) is 5.26 Å². The van der Waals surface area contributed by atoms with E-state index in [-0.39, 0.29) is 6.10 Å². The van der Waals surface area contributed by atoms with Gasteiger partial charge in [0.15, 0.2) is 0 Å². The van der Waals surface area contributed by atoms with Gasteiger partial charge >= 0.3 is 0 Å². The molecule has 1 fully saturated rings. The zero-order chi connectivity index (χ0) is 13.6. The van der Waals surface area contributed by atoms with Crippen molar-refractivity contribution in [2.75, 3.05) is 6.61 Å². The summed E-state index contributed by atoms with van der Waals surface area (Å²) in [6, 6.07) is 12.7. The van der Waals surface area contributed by atoms with Gasteiger partial charge in [0.1, 0.15) is 5.54 Å². The van der Waals surface area contributed by atoms with Gasteiger partial charge in [0.25, 0.3) is 0 Å². The lowest BCUT2D eigenvalue weighted by Crippen LogP contribution is -2.50. The predicted octanol–water partition coefficient (Wildman–Crippen LogP) is 3.02. The molecule has 0 aliphatic carbocycles. The topological polar surface area (TPSA) is 45.0 Å². The van der Waals surface area contributed by atoms with Gasteiger partial charge < -0.3 is 4.74 Å². The number of benzene rings is 1. The summed E-state index contributed by atoms with van der Waals surface area (Å²) in [6.07, 6.45) is 3.93. The molecule has 2 rings (SSSR count). The lowest BCUT2D eigenvalue weighted by molar-refractivity contribution is -0.0190. The highest BCUT2D eigenvalue weighted by Gasteiger charge is 2.36. The van der Waals surface area contributed by atoms with Crippen LogP contribution in [-0.2, 0) is 11.3 Å². The van der Waals surface area contributed by atoms with Crippen LogP contribution in [-0.4, -0.2) is 18.2 Å². The molecule has 3 heteroatoms. The quantitative estimate of drug-likeness (QED) is 0.883. The molecule has 0 radical (unpaired) electrons. The van der Waals surface area contributed by atoms with Crippen LogP contribution < -0.4 is 5.32 Å². The van der Waals surface area contributed by atoms with Gasteiger partial charge in [-0.2, -0.15) is 5.26 Å². The highest BCUT2D eigenvalue weighted by atomic mass is 16.5. The number of hydrogen-bond donors (Lipinski definition) is 1. The maximum Gasteiger partial charge on any atom is 0.111 e. The van der Waals surface area contributed by atoms with Crippen molar-refractivity contribution in [3.8, 4) is 6.07 Å². The van der Waals surface area contributed by atoms with E-state index in [0.717, 1.165) is 32.2 Å². The number of nitriles is 1. The summed E-state index contributed by atoms with van der Waals surface area (Å²) in [5, 5.41) is 13.0. The molecule has 0 aromatic heterocycles. The van der Waals surface area contributed by atoms with Crippen LogP contribution in [0.2, 0.25) is 0 Å². The molecular weight excluding hydrogens is 236 g/mol. The molecule has 3 nitrogen and oxygen atoms in total. The first-order chi connectivity index (χ1) is 9.28. The number of nitrogens with one attached hydrogen (secondary N) is 1. The highest BCUT2D eigenvalue weighted by Crippen LogP contribution is 2.27. The average Bonchev–Trinajstić information content (AvgIpc) is 2.47. The molecule has 0 bridgehead atoms. The minimum atomic E-state index is -0.423. The van der Waals surface area contributed by atoms with Gasteiger partial charge in [-0.05, 0) is 12.0 Å². The molecule has 0 saturated carbocycles. The SMILES string of the molecule is CCCC1CC(C#N)(NCc2ccccc2)CCO1. The molecule has 2 atom stereocenters. The number of ether oxygens (including phenoxy) is 1. The van der Waals surface area contributed by atoms with Crippen molar-refractivity contribution in [2.45, 2.75) is 50.8 Å². The van der Waals surface area contributed by atoms with Gasteiger partial charge in [0, 0.05) is 26.0 Å². The second-order valence-electron chi connectivity index (χ2n) is 5.27. The Morgan fingerprint density at radius 2 is 2.21 bits per heavy atom. The van der Waals surface area contributed by atoms with E-state index in [4.69, 9.17) is 4.74 Å². The van der Waals surface area contributed by atoms with E-state index in [0.29, 0.717) is 6.61 Å². The van der Waals surface area contributed by atoms with Crippen molar-refractivity contribution >= 4 is 0 Å². The predicted molar refractivity (Wildman–Crippen MR) is 75.5 cm³/mol. The van der Waals surface area contributed by atoms with Crippen molar-refractivity contribution < 1.29 is 4.74 Å². The van der Waals surface area contributed by atoms with Crippen molar-refractivity contribution in [1.82, 2.24) is 5.32 Å². The standard InChI is InChI=1S/C16H22N2O/c1-2-6-15-11-16(13-17,9-10-19-15)18-12-14-7-4-3-5-8-14/h3-5,7-8,15,18H,2,6,9-12H2,1H3. The fourth-order valence-corrected chi connectivity index (χ4v) is 2.63. The molecule has 2 unspecified atom stereocenters. The van der Waals surface area contributed by atoms with Crippen LogP contribution in [0, 0.1) is 11.3 Å². The Labute approximate surface area is 115 Å². The Balaban J connectivity index is 1.96. The van der Waals surface area contributed by atoms with Crippen LogP contribution in [0.3, 0.4) is 0 Å². The van der Waals surface area contributed by atoms with Crippen LogP contribution in [0.15, 0.2) is 30.3 Å². The van der Waals surface area contributed by atoms with E-state index < -0.39 is 5.54 Å². The Morgan fingerprint density at radius 1 is 1.42 bits per heavy atom. The third kappa shape index (κ3) is 3.79. The summed E-state index contributed by atoms with van der Waals surface area (Å²) in [6.45, 7) is 3.58. The minimum Gasteiger partial charge on any atom is -0.378 e. The van der Waals surface area contributed by atoms with Crippen LogP contribution in [0.4, 0.5) is 0 Å². The van der Waals surface area contributed by atoms with Crippen molar-refractivity contribution in [3.05, 3.63) is 35.9 Å². The summed E-state index contributed by atoms with van der Waals surface area (Å²) in [4.78, 5) is 0. The summed E-state index contributed by atoms with van der Waals surface area (Å²) >= 11 is 0. The number of nitrogens with zero attached hydrogens (tertiary/aromatic N) is 1. The third-order valence-corrected chi connectivity index (χ3v) is 3.76. The average molecular weight is 258 g/mol. The molecule has 1 N–H and O–H groups in total. The van der Waals surface area contributed by atoms with Crippen molar-refractivity contribution in [2.24, 2.45) is 0 Å². The van der Waals surface area contributed by atoms with Crippen molar-refractivity contribution in [3.63, 3.8) is 0 Å². The largest absolute Gasteiger partial charge is 0.378 e. The second-order valence-corrected chi connectivity index (χ2v) is 5.27. The van der Waals surface area contributed by atoms with Crippen LogP contribution >= 0.6 is 0 Å². The zero-order valence-corrected chi connectivity index (χ0v) is 11.6. The lowest BCUT2D eigenvalue weighted by atomic mass is 9.86. The molecule has 102 valence electrons. The normalized spacial score (nSPS) is 26.8. The maximum atomic E-state index is 9.54. The molecule has 0 spiro atoms. The summed E-state index contributed by atoms with van der Waals surface area (Å²) in [5.41, 5.74) is 0.796. The van der Waals surface area contributed by atoms with Gasteiger partial charge in [0.2, 0.25) is 0 Å². The second kappa shape index (κ2) is 6.70. The van der Waals surface area contributed by atoms with Gasteiger partial charge in [0.05, 0.1) is 12.2 Å². The Kier molecular flexibility index (Phi) is 4.95. The molecule has 1 heterocycles. The van der Waals surface area contributed by atoms with Gasteiger partial charge in [-0.25, -0.2) is 0 Å². The van der Waals surface area contributed by atoms with E-state index >= 15 is 0 Å². The monoisotopic (exact) mass is 258 g/mol. The van der Waals surface area contributed by atoms with E-state index in [9.17, 15) is 5.26 Å². The fraction of sp³-hybridized carbons (Fsp3) is 0.562. The summed E-state index contributed by atoms with van der Waals surface area (Å²) in [7, 11) is 0. The van der Waals surface area contributed by atoms with E-state index in [1.807, 2.05) is 18.2 Å². The summed E-state index contributed by atoms with van der Waals surface area (Å²) < 4.78 is 5.74. The molecule has 1 aromatic carbocycles. The Hall–Kier alpha value is -1.37. The minimum absolute atomic E-state index is 0.224. The Bertz CT molecular complexity index is 424. The van der Waals surface area contributed by atoms with Gasteiger partial charge in [-0.3, -0.25) is 5.32 Å². The molecule has 1 aliphatic rings. The first-order valence-electron chi connectivity index (χ1n) is 7.10. The highest BCUT2D eigenvalue weighted by molar-refractivity contribution is 5.17. The molecular formula is C16H22N2O. The Morgan fingerprint density at radius 3 is 2.89 bits per heavy atom. The first kappa shape index (κ1) is 14.0. The first-order valence-corrected chi connectivity index (χ1v) is 7.10. The molecule has 1 aromatic rings. The third-order valence-electron chi connectivity index (χ3n) is 3.76. The van der Waals surface area contributed by atoms with Crippen LogP contribution in [0.5, 0.6) is 0 Å². The molecule has 0 amide bonds. The smallest absolute Gasteiger partial charge is 0.111 e. The maximum absolute atomic E-state index is 9.54.